The number of nitrogens with one attached hydrogen (secondary N) is 1. The number of hydrogen-bond donors (Lipinski definition) is 3. The number of amides is 1. The second-order valence-electron chi connectivity index (χ2n) is 4.00. The molecule has 0 aromatic heterocycles. The highest BCUT2D eigenvalue weighted by atomic mass is 16.4. The number of carboxylic acid groups (broad SMARTS) is 1. The molecule has 0 saturated carbocycles. The van der Waals surface area contributed by atoms with Crippen molar-refractivity contribution in [2.75, 3.05) is 5.32 Å². The van der Waals surface area contributed by atoms with E-state index in [1.165, 1.54) is 12.1 Å². The fourth-order valence-electron chi connectivity index (χ4n) is 1.12. The van der Waals surface area contributed by atoms with E-state index in [1.807, 2.05) is 0 Å². The summed E-state index contributed by atoms with van der Waals surface area (Å²) in [6.45, 7) is 3.31. The molecule has 86 valence electrons. The largest absolute Gasteiger partial charge is 0.478 e. The average Bonchev–Trinajstić information content (AvgIpc) is 2.17. The first kappa shape index (κ1) is 12.0. The minimum Gasteiger partial charge on any atom is -0.478 e. The predicted octanol–water partition coefficient (Wildman–Crippen LogP) is 1.06. The van der Waals surface area contributed by atoms with Crippen molar-refractivity contribution in [3.63, 3.8) is 0 Å². The van der Waals surface area contributed by atoms with Gasteiger partial charge in [0.2, 0.25) is 5.91 Å². The minimum absolute atomic E-state index is 0.197. The smallest absolute Gasteiger partial charge is 0.335 e. The Labute approximate surface area is 93.3 Å². The lowest BCUT2D eigenvalue weighted by molar-refractivity contribution is -0.121. The number of carbonyl (C=O) groups is 2. The number of anilines is 1. The lowest BCUT2D eigenvalue weighted by atomic mass is 10.0. The van der Waals surface area contributed by atoms with Crippen molar-refractivity contribution in [3.8, 4) is 0 Å². The fraction of sp³-hybridized carbons (Fsp3) is 0.273. The maximum absolute atomic E-state index is 11.1. The second-order valence-corrected chi connectivity index (χ2v) is 4.00. The number of carbonyl (C=O) groups excluding carboxylic acids is 1. The number of primary amides is 1. The summed E-state index contributed by atoms with van der Waals surface area (Å²) < 4.78 is 0. The molecule has 0 saturated heterocycles. The summed E-state index contributed by atoms with van der Waals surface area (Å²) in [6.07, 6.45) is 0. The summed E-state index contributed by atoms with van der Waals surface area (Å²) in [7, 11) is 0. The Hall–Kier alpha value is -2.04. The highest BCUT2D eigenvalue weighted by Crippen LogP contribution is 2.15. The van der Waals surface area contributed by atoms with E-state index in [2.05, 4.69) is 5.32 Å². The molecule has 0 unspecified atom stereocenters. The zero-order valence-electron chi connectivity index (χ0n) is 9.15. The Kier molecular flexibility index (Phi) is 3.17. The van der Waals surface area contributed by atoms with Crippen molar-refractivity contribution in [2.45, 2.75) is 19.4 Å². The lowest BCUT2D eigenvalue weighted by Gasteiger charge is -2.23. The van der Waals surface area contributed by atoms with Crippen LogP contribution in [0.2, 0.25) is 0 Å². The molecular formula is C11H14N2O3. The molecule has 0 heterocycles. The normalized spacial score (nSPS) is 10.9. The molecule has 1 amide bonds. The van der Waals surface area contributed by atoms with Crippen LogP contribution in [0.15, 0.2) is 24.3 Å². The third-order valence-corrected chi connectivity index (χ3v) is 2.20. The van der Waals surface area contributed by atoms with Gasteiger partial charge in [0.05, 0.1) is 5.56 Å². The van der Waals surface area contributed by atoms with Crippen LogP contribution in [0, 0.1) is 0 Å². The number of nitrogens with two attached hydrogens (primary N) is 1. The molecule has 5 heteroatoms. The zero-order chi connectivity index (χ0) is 12.3. The van der Waals surface area contributed by atoms with E-state index >= 15 is 0 Å². The monoisotopic (exact) mass is 222 g/mol. The third-order valence-electron chi connectivity index (χ3n) is 2.20. The van der Waals surface area contributed by atoms with Crippen molar-refractivity contribution in [1.82, 2.24) is 0 Å². The van der Waals surface area contributed by atoms with Crippen LogP contribution in [0.3, 0.4) is 0 Å². The van der Waals surface area contributed by atoms with Crippen LogP contribution in [0.1, 0.15) is 24.2 Å². The molecule has 0 radical (unpaired) electrons. The van der Waals surface area contributed by atoms with Gasteiger partial charge < -0.3 is 16.2 Å². The molecular weight excluding hydrogens is 208 g/mol. The molecule has 16 heavy (non-hydrogen) atoms. The van der Waals surface area contributed by atoms with E-state index in [4.69, 9.17) is 10.8 Å². The standard InChI is InChI=1S/C11H14N2O3/c1-11(2,10(12)16)13-8-5-3-7(4-6-8)9(14)15/h3-6,13H,1-2H3,(H2,12,16)(H,14,15). The van der Waals surface area contributed by atoms with Crippen LogP contribution in [-0.2, 0) is 4.79 Å². The van der Waals surface area contributed by atoms with E-state index in [-0.39, 0.29) is 5.56 Å². The lowest BCUT2D eigenvalue weighted by Crippen LogP contribution is -2.44. The van der Waals surface area contributed by atoms with E-state index in [0.29, 0.717) is 5.69 Å². The number of rotatable bonds is 4. The highest BCUT2D eigenvalue weighted by Gasteiger charge is 2.24. The summed E-state index contributed by atoms with van der Waals surface area (Å²) in [4.78, 5) is 21.7. The number of benzene rings is 1. The van der Waals surface area contributed by atoms with Gasteiger partial charge in [0, 0.05) is 5.69 Å². The van der Waals surface area contributed by atoms with Crippen molar-refractivity contribution < 1.29 is 14.7 Å². The third kappa shape index (κ3) is 2.73. The van der Waals surface area contributed by atoms with Crippen LogP contribution in [0.25, 0.3) is 0 Å². The molecule has 0 aliphatic carbocycles. The minimum atomic E-state index is -0.985. The number of carboxylic acids is 1. The molecule has 4 N–H and O–H groups in total. The first-order valence-corrected chi connectivity index (χ1v) is 4.74. The molecule has 0 aliphatic rings. The van der Waals surface area contributed by atoms with Crippen molar-refractivity contribution in [1.29, 1.82) is 0 Å². The van der Waals surface area contributed by atoms with Crippen LogP contribution in [0.4, 0.5) is 5.69 Å². The Morgan fingerprint density at radius 2 is 1.75 bits per heavy atom. The van der Waals surface area contributed by atoms with Crippen LogP contribution < -0.4 is 11.1 Å². The van der Waals surface area contributed by atoms with Gasteiger partial charge in [-0.2, -0.15) is 0 Å². The topological polar surface area (TPSA) is 92.4 Å². The van der Waals surface area contributed by atoms with Gasteiger partial charge in [-0.05, 0) is 38.1 Å². The first-order chi connectivity index (χ1) is 7.33. The van der Waals surface area contributed by atoms with Crippen molar-refractivity contribution in [2.24, 2.45) is 5.73 Å². The van der Waals surface area contributed by atoms with Gasteiger partial charge in [0.25, 0.3) is 0 Å². The SMILES string of the molecule is CC(C)(Nc1ccc(C(=O)O)cc1)C(N)=O. The highest BCUT2D eigenvalue weighted by molar-refractivity contribution is 5.89. The maximum atomic E-state index is 11.1. The Balaban J connectivity index is 2.84. The van der Waals surface area contributed by atoms with Gasteiger partial charge >= 0.3 is 5.97 Å². The molecule has 0 fully saturated rings. The Morgan fingerprint density at radius 3 is 2.12 bits per heavy atom. The summed E-state index contributed by atoms with van der Waals surface area (Å²) in [6, 6.07) is 6.10. The number of aromatic carboxylic acids is 1. The van der Waals surface area contributed by atoms with E-state index in [0.717, 1.165) is 0 Å². The predicted molar refractivity (Wildman–Crippen MR) is 60.3 cm³/mol. The summed E-state index contributed by atoms with van der Waals surface area (Å²) in [5.41, 5.74) is 5.17. The van der Waals surface area contributed by atoms with Gasteiger partial charge in [0.15, 0.2) is 0 Å². The number of hydrogen-bond acceptors (Lipinski definition) is 3. The molecule has 1 aromatic rings. The van der Waals surface area contributed by atoms with Gasteiger partial charge in [-0.25, -0.2) is 4.79 Å². The van der Waals surface area contributed by atoms with Gasteiger partial charge in [-0.3, -0.25) is 4.79 Å². The molecule has 0 spiro atoms. The average molecular weight is 222 g/mol. The van der Waals surface area contributed by atoms with E-state index < -0.39 is 17.4 Å². The maximum Gasteiger partial charge on any atom is 0.335 e. The molecule has 5 nitrogen and oxygen atoms in total. The zero-order valence-corrected chi connectivity index (χ0v) is 9.15. The second kappa shape index (κ2) is 4.22. The van der Waals surface area contributed by atoms with Crippen LogP contribution in [0.5, 0.6) is 0 Å². The molecule has 0 atom stereocenters. The molecule has 0 bridgehead atoms. The van der Waals surface area contributed by atoms with Crippen LogP contribution in [-0.4, -0.2) is 22.5 Å². The van der Waals surface area contributed by atoms with Gasteiger partial charge in [0.1, 0.15) is 5.54 Å². The Bertz CT molecular complexity index is 410. The van der Waals surface area contributed by atoms with Crippen molar-refractivity contribution in [3.05, 3.63) is 29.8 Å². The van der Waals surface area contributed by atoms with E-state index in [9.17, 15) is 9.59 Å². The molecule has 0 aliphatic heterocycles. The summed E-state index contributed by atoms with van der Waals surface area (Å²) in [5, 5.41) is 11.6. The molecule has 1 aromatic carbocycles. The summed E-state index contributed by atoms with van der Waals surface area (Å²) >= 11 is 0. The summed E-state index contributed by atoms with van der Waals surface area (Å²) in [5.74, 6) is -1.46. The fourth-order valence-corrected chi connectivity index (χ4v) is 1.12. The van der Waals surface area contributed by atoms with Crippen LogP contribution >= 0.6 is 0 Å². The van der Waals surface area contributed by atoms with Gasteiger partial charge in [-0.1, -0.05) is 0 Å². The first-order valence-electron chi connectivity index (χ1n) is 4.74. The van der Waals surface area contributed by atoms with E-state index in [1.54, 1.807) is 26.0 Å². The Morgan fingerprint density at radius 1 is 1.25 bits per heavy atom. The quantitative estimate of drug-likeness (QED) is 0.710. The van der Waals surface area contributed by atoms with Gasteiger partial charge in [-0.15, -0.1) is 0 Å². The van der Waals surface area contributed by atoms with Crippen molar-refractivity contribution >= 4 is 17.6 Å². The molecule has 1 rings (SSSR count).